The highest BCUT2D eigenvalue weighted by Gasteiger charge is 2.35. The normalized spacial score (nSPS) is 23.9. The summed E-state index contributed by atoms with van der Waals surface area (Å²) in [6.07, 6.45) is 5.20. The standard InChI is InChI=1S/C15H26N4O/c1-10(2)8-18-14(20)6-5-13(16)15(18)12-7-17-19(9-12)11(3)4/h7,9-11,13,15H,5-6,8,16H2,1-4H3. The van der Waals surface area contributed by atoms with Crippen LogP contribution in [0.25, 0.3) is 0 Å². The summed E-state index contributed by atoms with van der Waals surface area (Å²) in [4.78, 5) is 14.2. The molecule has 20 heavy (non-hydrogen) atoms. The van der Waals surface area contributed by atoms with Gasteiger partial charge in [-0.25, -0.2) is 0 Å². The zero-order chi connectivity index (χ0) is 14.9. The second kappa shape index (κ2) is 5.95. The van der Waals surface area contributed by atoms with E-state index in [4.69, 9.17) is 5.73 Å². The molecule has 0 aliphatic carbocycles. The minimum atomic E-state index is -0.0360. The van der Waals surface area contributed by atoms with Crippen molar-refractivity contribution in [2.24, 2.45) is 11.7 Å². The van der Waals surface area contributed by atoms with E-state index in [9.17, 15) is 4.79 Å². The highest BCUT2D eigenvalue weighted by molar-refractivity contribution is 5.78. The lowest BCUT2D eigenvalue weighted by molar-refractivity contribution is -0.138. The number of nitrogens with two attached hydrogens (primary N) is 1. The van der Waals surface area contributed by atoms with Gasteiger partial charge in [-0.3, -0.25) is 9.48 Å². The Morgan fingerprint density at radius 2 is 2.10 bits per heavy atom. The summed E-state index contributed by atoms with van der Waals surface area (Å²) in [5.41, 5.74) is 7.35. The number of nitrogens with zero attached hydrogens (tertiary/aromatic N) is 3. The van der Waals surface area contributed by atoms with Gasteiger partial charge in [0.2, 0.25) is 5.91 Å². The number of carbonyl (C=O) groups is 1. The van der Waals surface area contributed by atoms with Crippen LogP contribution in [0.15, 0.2) is 12.4 Å². The molecule has 2 rings (SSSR count). The first-order valence-corrected chi connectivity index (χ1v) is 7.49. The molecule has 1 aliphatic rings. The Labute approximate surface area is 121 Å². The van der Waals surface area contributed by atoms with Crippen molar-refractivity contribution in [2.45, 2.75) is 58.7 Å². The van der Waals surface area contributed by atoms with E-state index in [0.717, 1.165) is 18.5 Å². The first-order chi connectivity index (χ1) is 9.40. The summed E-state index contributed by atoms with van der Waals surface area (Å²) >= 11 is 0. The molecule has 0 radical (unpaired) electrons. The third-order valence-corrected chi connectivity index (χ3v) is 3.81. The first kappa shape index (κ1) is 15.0. The van der Waals surface area contributed by atoms with Gasteiger partial charge in [0.05, 0.1) is 12.2 Å². The van der Waals surface area contributed by atoms with Gasteiger partial charge in [0.1, 0.15) is 0 Å². The van der Waals surface area contributed by atoms with Gasteiger partial charge in [0, 0.05) is 36.8 Å². The highest BCUT2D eigenvalue weighted by atomic mass is 16.2. The van der Waals surface area contributed by atoms with E-state index in [1.54, 1.807) is 0 Å². The van der Waals surface area contributed by atoms with Crippen molar-refractivity contribution >= 4 is 5.91 Å². The van der Waals surface area contributed by atoms with E-state index in [-0.39, 0.29) is 18.0 Å². The molecule has 1 amide bonds. The maximum Gasteiger partial charge on any atom is 0.223 e. The van der Waals surface area contributed by atoms with Gasteiger partial charge in [0.15, 0.2) is 0 Å². The van der Waals surface area contributed by atoms with Crippen molar-refractivity contribution in [3.63, 3.8) is 0 Å². The number of likely N-dealkylation sites (tertiary alicyclic amines) is 1. The lowest BCUT2D eigenvalue weighted by Gasteiger charge is -2.40. The van der Waals surface area contributed by atoms with E-state index < -0.39 is 0 Å². The molecule has 2 atom stereocenters. The molecular formula is C15H26N4O. The molecular weight excluding hydrogens is 252 g/mol. The quantitative estimate of drug-likeness (QED) is 0.917. The van der Waals surface area contributed by atoms with Crippen LogP contribution in [-0.2, 0) is 4.79 Å². The van der Waals surface area contributed by atoms with Gasteiger partial charge < -0.3 is 10.6 Å². The molecule has 1 saturated heterocycles. The van der Waals surface area contributed by atoms with Gasteiger partial charge in [-0.1, -0.05) is 13.8 Å². The van der Waals surface area contributed by atoms with E-state index in [2.05, 4.69) is 32.8 Å². The van der Waals surface area contributed by atoms with Crippen molar-refractivity contribution in [1.82, 2.24) is 14.7 Å². The van der Waals surface area contributed by atoms with E-state index in [1.165, 1.54) is 0 Å². The molecule has 1 aromatic heterocycles. The Hall–Kier alpha value is -1.36. The van der Waals surface area contributed by atoms with Crippen LogP contribution in [0, 0.1) is 5.92 Å². The monoisotopic (exact) mass is 278 g/mol. The fraction of sp³-hybridized carbons (Fsp3) is 0.733. The molecule has 2 N–H and O–H groups in total. The number of piperidine rings is 1. The largest absolute Gasteiger partial charge is 0.334 e. The van der Waals surface area contributed by atoms with Crippen LogP contribution < -0.4 is 5.73 Å². The smallest absolute Gasteiger partial charge is 0.223 e. The van der Waals surface area contributed by atoms with Crippen molar-refractivity contribution in [1.29, 1.82) is 0 Å². The highest BCUT2D eigenvalue weighted by Crippen LogP contribution is 2.31. The Morgan fingerprint density at radius 3 is 2.65 bits per heavy atom. The van der Waals surface area contributed by atoms with Crippen molar-refractivity contribution in [3.8, 4) is 0 Å². The number of rotatable bonds is 4. The van der Waals surface area contributed by atoms with Crippen molar-refractivity contribution in [3.05, 3.63) is 18.0 Å². The van der Waals surface area contributed by atoms with Gasteiger partial charge in [-0.2, -0.15) is 5.10 Å². The van der Waals surface area contributed by atoms with Gasteiger partial charge in [-0.05, 0) is 26.2 Å². The van der Waals surface area contributed by atoms with E-state index in [0.29, 0.717) is 18.4 Å². The van der Waals surface area contributed by atoms with Crippen LogP contribution >= 0.6 is 0 Å². The van der Waals surface area contributed by atoms with Crippen molar-refractivity contribution in [2.75, 3.05) is 6.54 Å². The Kier molecular flexibility index (Phi) is 4.48. The van der Waals surface area contributed by atoms with E-state index >= 15 is 0 Å². The summed E-state index contributed by atoms with van der Waals surface area (Å²) in [5.74, 6) is 0.648. The zero-order valence-electron chi connectivity index (χ0n) is 12.9. The molecule has 0 bridgehead atoms. The number of amides is 1. The Bertz CT molecular complexity index is 466. The van der Waals surface area contributed by atoms with Gasteiger partial charge in [-0.15, -0.1) is 0 Å². The topological polar surface area (TPSA) is 64.2 Å². The number of carbonyl (C=O) groups excluding carboxylic acids is 1. The number of aromatic nitrogens is 2. The van der Waals surface area contributed by atoms with Crippen molar-refractivity contribution < 1.29 is 4.79 Å². The number of hydrogen-bond donors (Lipinski definition) is 1. The molecule has 5 heteroatoms. The van der Waals surface area contributed by atoms with E-state index in [1.807, 2.05) is 22.0 Å². The summed E-state index contributed by atoms with van der Waals surface area (Å²) in [6, 6.07) is 0.278. The fourth-order valence-electron chi connectivity index (χ4n) is 2.80. The summed E-state index contributed by atoms with van der Waals surface area (Å²) in [6.45, 7) is 9.19. The molecule has 0 spiro atoms. The molecule has 0 aromatic carbocycles. The van der Waals surface area contributed by atoms with Crippen LogP contribution in [0.3, 0.4) is 0 Å². The molecule has 0 saturated carbocycles. The number of hydrogen-bond acceptors (Lipinski definition) is 3. The predicted molar refractivity (Wildman–Crippen MR) is 79.1 cm³/mol. The lowest BCUT2D eigenvalue weighted by Crippen LogP contribution is -2.49. The first-order valence-electron chi connectivity index (χ1n) is 7.49. The summed E-state index contributed by atoms with van der Waals surface area (Å²) in [5, 5.41) is 4.39. The second-order valence-corrected chi connectivity index (χ2v) is 6.43. The summed E-state index contributed by atoms with van der Waals surface area (Å²) < 4.78 is 1.93. The van der Waals surface area contributed by atoms with Crippen LogP contribution in [0.4, 0.5) is 0 Å². The molecule has 1 aromatic rings. The second-order valence-electron chi connectivity index (χ2n) is 6.43. The molecule has 2 heterocycles. The minimum Gasteiger partial charge on any atom is -0.334 e. The third kappa shape index (κ3) is 3.03. The summed E-state index contributed by atoms with van der Waals surface area (Å²) in [7, 11) is 0. The molecule has 1 fully saturated rings. The van der Waals surface area contributed by atoms with Crippen LogP contribution in [0.5, 0.6) is 0 Å². The minimum absolute atomic E-state index is 0.00346. The Morgan fingerprint density at radius 1 is 1.40 bits per heavy atom. The van der Waals surface area contributed by atoms with Crippen LogP contribution in [0.1, 0.15) is 58.2 Å². The fourth-order valence-corrected chi connectivity index (χ4v) is 2.80. The van der Waals surface area contributed by atoms with Gasteiger partial charge in [0.25, 0.3) is 0 Å². The lowest BCUT2D eigenvalue weighted by atomic mass is 9.91. The van der Waals surface area contributed by atoms with Crippen LogP contribution in [0.2, 0.25) is 0 Å². The third-order valence-electron chi connectivity index (χ3n) is 3.81. The maximum atomic E-state index is 12.2. The predicted octanol–water partition coefficient (Wildman–Crippen LogP) is 2.11. The average molecular weight is 278 g/mol. The molecule has 1 aliphatic heterocycles. The molecule has 2 unspecified atom stereocenters. The van der Waals surface area contributed by atoms with Gasteiger partial charge >= 0.3 is 0 Å². The SMILES string of the molecule is CC(C)CN1C(=O)CCC(N)C1c1cnn(C(C)C)c1. The zero-order valence-corrected chi connectivity index (χ0v) is 12.9. The molecule has 5 nitrogen and oxygen atoms in total. The maximum absolute atomic E-state index is 12.2. The molecule has 112 valence electrons. The average Bonchev–Trinajstić information content (AvgIpc) is 2.83. The van der Waals surface area contributed by atoms with Crippen LogP contribution in [-0.4, -0.2) is 33.2 Å². The Balaban J connectivity index is 2.29.